The van der Waals surface area contributed by atoms with Crippen molar-refractivity contribution in [3.63, 3.8) is 0 Å². The summed E-state index contributed by atoms with van der Waals surface area (Å²) in [6.45, 7) is 9.74. The summed E-state index contributed by atoms with van der Waals surface area (Å²) in [6.07, 6.45) is 4.41. The minimum Gasteiger partial charge on any atom is -0.496 e. The van der Waals surface area contributed by atoms with Gasteiger partial charge >= 0.3 is 6.09 Å². The topological polar surface area (TPSA) is 136 Å². The number of anilines is 2. The molecule has 3 aromatic heterocycles. The number of nitrogens with one attached hydrogen (secondary N) is 2. The number of hydrogen-bond donors (Lipinski definition) is 3. The van der Waals surface area contributed by atoms with E-state index in [9.17, 15) is 9.90 Å². The minimum atomic E-state index is -2.73. The summed E-state index contributed by atoms with van der Waals surface area (Å²) >= 11 is 6.10. The molecule has 1 unspecified atom stereocenters. The number of methoxy groups -OCH3 is 1. The molecule has 5 aromatic rings. The van der Waals surface area contributed by atoms with Crippen molar-refractivity contribution in [3.05, 3.63) is 89.8 Å². The van der Waals surface area contributed by atoms with Gasteiger partial charge in [-0.1, -0.05) is 106 Å². The van der Waals surface area contributed by atoms with E-state index >= 15 is 0 Å². The molecule has 1 amide bonds. The van der Waals surface area contributed by atoms with Crippen molar-refractivity contribution in [2.75, 3.05) is 24.4 Å². The van der Waals surface area contributed by atoms with Gasteiger partial charge in [0.05, 0.1) is 19.9 Å². The van der Waals surface area contributed by atoms with E-state index in [2.05, 4.69) is 107 Å². The second kappa shape index (κ2) is 15.1. The second-order valence-corrected chi connectivity index (χ2v) is 17.3. The van der Waals surface area contributed by atoms with Gasteiger partial charge < -0.3 is 19.6 Å². The van der Waals surface area contributed by atoms with Crippen molar-refractivity contribution < 1.29 is 19.1 Å². The first-order chi connectivity index (χ1) is 23.1. The molecule has 0 aliphatic carbocycles. The second-order valence-electron chi connectivity index (χ2n) is 12.6. The van der Waals surface area contributed by atoms with Crippen molar-refractivity contribution in [1.29, 1.82) is 0 Å². The van der Waals surface area contributed by atoms with E-state index < -0.39 is 14.4 Å². The average molecular weight is 688 g/mol. The molecule has 5 rings (SSSR count). The Hall–Kier alpha value is -4.52. The van der Waals surface area contributed by atoms with Gasteiger partial charge in [0.2, 0.25) is 5.95 Å². The van der Waals surface area contributed by atoms with Gasteiger partial charge in [-0.25, -0.2) is 14.8 Å². The monoisotopic (exact) mass is 687 g/mol. The SMILES string of the molecule is CCCC(CCO[Si](c1ccccc1)(c1ccccc1)C(C)(C)C)Nc1nc(NC(=O)O)nc2cnn(Cc3cnc(Cl)cc3OC)c12. The van der Waals surface area contributed by atoms with Crippen LogP contribution >= 0.6 is 11.6 Å². The largest absolute Gasteiger partial charge is 0.496 e. The summed E-state index contributed by atoms with van der Waals surface area (Å²) in [4.78, 5) is 24.8. The van der Waals surface area contributed by atoms with Crippen LogP contribution in [0.3, 0.4) is 0 Å². The number of carboxylic acid groups (broad SMARTS) is 1. The molecular weight excluding hydrogens is 646 g/mol. The number of hydrogen-bond acceptors (Lipinski definition) is 8. The maximum Gasteiger partial charge on any atom is 0.411 e. The summed E-state index contributed by atoms with van der Waals surface area (Å²) in [7, 11) is -1.16. The first-order valence-corrected chi connectivity index (χ1v) is 18.3. The van der Waals surface area contributed by atoms with E-state index in [4.69, 9.17) is 20.8 Å². The quantitative estimate of drug-likeness (QED) is 0.0875. The molecule has 48 heavy (non-hydrogen) atoms. The molecule has 3 heterocycles. The molecule has 1 atom stereocenters. The van der Waals surface area contributed by atoms with Crippen LogP contribution in [0.15, 0.2) is 79.1 Å². The third-order valence-electron chi connectivity index (χ3n) is 8.34. The lowest BCUT2D eigenvalue weighted by Gasteiger charge is -2.43. The number of benzene rings is 2. The standard InChI is InChI=1S/C35H42ClN7O4Si/c1-6-13-25(18-19-47-48(35(2,3)4,26-14-9-7-10-15-26)27-16-11-8-12-17-27)39-32-31-28(40-33(41-32)42-34(44)45)22-38-43(31)23-24-21-37-30(36)20-29(24)46-5/h7-12,14-17,20-22,25H,6,13,18-19,23H2,1-5H3,(H,44,45)(H2,39,40,41,42). The lowest BCUT2D eigenvalue weighted by atomic mass is 10.1. The Kier molecular flexibility index (Phi) is 11.0. The Labute approximate surface area is 286 Å². The van der Waals surface area contributed by atoms with Crippen molar-refractivity contribution in [2.45, 2.75) is 64.6 Å². The van der Waals surface area contributed by atoms with E-state index in [-0.39, 0.29) is 17.0 Å². The van der Waals surface area contributed by atoms with Crippen LogP contribution in [0.5, 0.6) is 5.75 Å². The van der Waals surface area contributed by atoms with E-state index in [0.717, 1.165) is 18.4 Å². The third-order valence-corrected chi connectivity index (χ3v) is 13.6. The zero-order valence-corrected chi connectivity index (χ0v) is 29.7. The third kappa shape index (κ3) is 7.61. The maximum atomic E-state index is 11.6. The number of pyridine rings is 1. The Morgan fingerprint density at radius 2 is 1.69 bits per heavy atom. The van der Waals surface area contributed by atoms with Crippen LogP contribution in [-0.4, -0.2) is 64.0 Å². The number of carbonyl (C=O) groups is 1. The summed E-state index contributed by atoms with van der Waals surface area (Å²) < 4.78 is 14.5. The van der Waals surface area contributed by atoms with Crippen LogP contribution in [0.1, 0.15) is 52.5 Å². The highest BCUT2D eigenvalue weighted by Gasteiger charge is 2.50. The Morgan fingerprint density at radius 3 is 2.27 bits per heavy atom. The highest BCUT2D eigenvalue weighted by atomic mass is 35.5. The molecule has 252 valence electrons. The molecule has 11 nitrogen and oxygen atoms in total. The van der Waals surface area contributed by atoms with Crippen molar-refractivity contribution in [2.24, 2.45) is 0 Å². The van der Waals surface area contributed by atoms with Crippen LogP contribution in [0.4, 0.5) is 16.6 Å². The van der Waals surface area contributed by atoms with E-state index in [1.54, 1.807) is 30.3 Å². The average Bonchev–Trinajstić information content (AvgIpc) is 3.46. The molecule has 0 fully saturated rings. The van der Waals surface area contributed by atoms with Crippen molar-refractivity contribution >= 4 is 59.2 Å². The lowest BCUT2D eigenvalue weighted by molar-refractivity contribution is 0.209. The van der Waals surface area contributed by atoms with Gasteiger partial charge in [-0.05, 0) is 28.3 Å². The number of fused-ring (bicyclic) bond motifs is 1. The number of halogens is 1. The van der Waals surface area contributed by atoms with E-state index in [1.807, 2.05) is 12.1 Å². The molecule has 0 radical (unpaired) electrons. The maximum absolute atomic E-state index is 11.6. The van der Waals surface area contributed by atoms with Gasteiger partial charge in [0.15, 0.2) is 5.82 Å². The van der Waals surface area contributed by atoms with Crippen LogP contribution < -0.4 is 25.7 Å². The van der Waals surface area contributed by atoms with Crippen LogP contribution in [-0.2, 0) is 11.0 Å². The molecule has 0 aliphatic heterocycles. The Bertz CT molecular complexity index is 1790. The van der Waals surface area contributed by atoms with Crippen LogP contribution in [0.2, 0.25) is 10.2 Å². The minimum absolute atomic E-state index is 0.0402. The van der Waals surface area contributed by atoms with Crippen LogP contribution in [0, 0.1) is 0 Å². The molecular formula is C35H42ClN7O4Si. The molecule has 0 spiro atoms. The number of amides is 1. The van der Waals surface area contributed by atoms with Gasteiger partial charge in [0.25, 0.3) is 8.32 Å². The van der Waals surface area contributed by atoms with Gasteiger partial charge in [0, 0.05) is 30.5 Å². The van der Waals surface area contributed by atoms with Gasteiger partial charge in [-0.3, -0.25) is 10.00 Å². The Morgan fingerprint density at radius 1 is 1.02 bits per heavy atom. The molecule has 0 saturated carbocycles. The normalized spacial score (nSPS) is 12.5. The molecule has 0 saturated heterocycles. The molecule has 13 heteroatoms. The fraction of sp³-hybridized carbons (Fsp3) is 0.343. The molecule has 0 aliphatic rings. The molecule has 2 aromatic carbocycles. The van der Waals surface area contributed by atoms with Gasteiger partial charge in [-0.2, -0.15) is 10.1 Å². The van der Waals surface area contributed by atoms with Crippen molar-refractivity contribution in [1.82, 2.24) is 24.7 Å². The fourth-order valence-corrected chi connectivity index (χ4v) is 11.0. The lowest BCUT2D eigenvalue weighted by Crippen LogP contribution is -2.66. The first-order valence-electron chi connectivity index (χ1n) is 16.0. The number of nitrogens with zero attached hydrogens (tertiary/aromatic N) is 5. The van der Waals surface area contributed by atoms with E-state index in [1.165, 1.54) is 10.4 Å². The van der Waals surface area contributed by atoms with Crippen molar-refractivity contribution in [3.8, 4) is 5.75 Å². The zero-order chi connectivity index (χ0) is 34.3. The summed E-state index contributed by atoms with van der Waals surface area (Å²) in [5.41, 5.74) is 1.86. The number of rotatable bonds is 14. The smallest absolute Gasteiger partial charge is 0.411 e. The van der Waals surface area contributed by atoms with E-state index in [0.29, 0.717) is 47.3 Å². The number of ether oxygens (including phenoxy) is 1. The predicted octanol–water partition coefficient (Wildman–Crippen LogP) is 6.57. The molecule has 0 bridgehead atoms. The van der Waals surface area contributed by atoms with Gasteiger partial charge in [0.1, 0.15) is 21.9 Å². The summed E-state index contributed by atoms with van der Waals surface area (Å²) in [5, 5.41) is 22.5. The first kappa shape index (κ1) is 34.8. The van der Waals surface area contributed by atoms with Gasteiger partial charge in [-0.15, -0.1) is 0 Å². The highest BCUT2D eigenvalue weighted by molar-refractivity contribution is 6.99. The Balaban J connectivity index is 1.48. The fourth-order valence-electron chi connectivity index (χ4n) is 6.23. The highest BCUT2D eigenvalue weighted by Crippen LogP contribution is 2.37. The molecule has 3 N–H and O–H groups in total. The number of aromatic nitrogens is 5. The predicted molar refractivity (Wildman–Crippen MR) is 192 cm³/mol. The van der Waals surface area contributed by atoms with Crippen LogP contribution in [0.25, 0.3) is 11.0 Å². The summed E-state index contributed by atoms with van der Waals surface area (Å²) in [5.74, 6) is 0.996. The summed E-state index contributed by atoms with van der Waals surface area (Å²) in [6, 6.07) is 22.8. The zero-order valence-electron chi connectivity index (χ0n) is 27.9.